The molecule has 0 atom stereocenters. The van der Waals surface area contributed by atoms with Crippen molar-refractivity contribution >= 4 is 16.6 Å². The highest BCUT2D eigenvalue weighted by Gasteiger charge is 2.20. The highest BCUT2D eigenvalue weighted by Crippen LogP contribution is 2.33. The number of anilines is 1. The van der Waals surface area contributed by atoms with Gasteiger partial charge in [0.15, 0.2) is 0 Å². The Labute approximate surface area is 155 Å². The van der Waals surface area contributed by atoms with Crippen LogP contribution in [0.1, 0.15) is 0 Å². The first-order valence-corrected chi connectivity index (χ1v) is 8.68. The van der Waals surface area contributed by atoms with E-state index in [0.717, 1.165) is 27.2 Å². The van der Waals surface area contributed by atoms with Gasteiger partial charge >= 0.3 is 5.69 Å². The van der Waals surface area contributed by atoms with Gasteiger partial charge in [-0.3, -0.25) is 13.9 Å². The fourth-order valence-corrected chi connectivity index (χ4v) is 3.51. The molecule has 6 heteroatoms. The van der Waals surface area contributed by atoms with Gasteiger partial charge < -0.3 is 9.88 Å². The summed E-state index contributed by atoms with van der Waals surface area (Å²) in [4.78, 5) is 25.4. The summed E-state index contributed by atoms with van der Waals surface area (Å²) >= 11 is 0. The molecule has 136 valence electrons. The third kappa shape index (κ3) is 2.49. The zero-order valence-corrected chi connectivity index (χ0v) is 15.4. The molecule has 27 heavy (non-hydrogen) atoms. The second kappa shape index (κ2) is 6.32. The summed E-state index contributed by atoms with van der Waals surface area (Å²) in [6, 6.07) is 17.6. The first-order valence-electron chi connectivity index (χ1n) is 8.68. The first-order chi connectivity index (χ1) is 13.0. The van der Waals surface area contributed by atoms with Gasteiger partial charge in [0.2, 0.25) is 0 Å². The molecule has 0 aliphatic rings. The van der Waals surface area contributed by atoms with Crippen LogP contribution in [0.5, 0.6) is 0 Å². The van der Waals surface area contributed by atoms with Gasteiger partial charge in [0, 0.05) is 27.3 Å². The summed E-state index contributed by atoms with van der Waals surface area (Å²) in [5, 5.41) is 3.72. The Hall–Kier alpha value is -3.54. The number of hydrogen-bond donors (Lipinski definition) is 1. The Bertz CT molecular complexity index is 1260. The molecule has 2 heterocycles. The maximum atomic E-state index is 13.0. The Morgan fingerprint density at radius 1 is 0.852 bits per heavy atom. The molecule has 0 radical (unpaired) electrons. The number of hydrogen-bond acceptors (Lipinski definition) is 3. The van der Waals surface area contributed by atoms with Crippen LogP contribution in [-0.4, -0.2) is 20.7 Å². The van der Waals surface area contributed by atoms with E-state index in [2.05, 4.69) is 5.32 Å². The normalized spacial score (nSPS) is 11.1. The van der Waals surface area contributed by atoms with E-state index < -0.39 is 0 Å². The highest BCUT2D eigenvalue weighted by atomic mass is 16.2. The van der Waals surface area contributed by atoms with Crippen molar-refractivity contribution in [1.82, 2.24) is 13.7 Å². The maximum Gasteiger partial charge on any atom is 0.330 e. The molecule has 0 unspecified atom stereocenters. The van der Waals surface area contributed by atoms with Gasteiger partial charge in [-0.1, -0.05) is 42.5 Å². The molecule has 0 amide bonds. The lowest BCUT2D eigenvalue weighted by molar-refractivity contribution is 0.714. The standard InChI is InChI=1S/C21H20N4O2/c1-22-15-11-7-8-12-16(15)25-13-17-18(19(25)14-9-5-4-6-10-14)20(26)24(3)21(27)23(17)2/h4-13,22H,1-3H3. The van der Waals surface area contributed by atoms with Crippen LogP contribution in [0.3, 0.4) is 0 Å². The van der Waals surface area contributed by atoms with Crippen molar-refractivity contribution in [2.75, 3.05) is 12.4 Å². The molecule has 0 aliphatic carbocycles. The van der Waals surface area contributed by atoms with Crippen molar-refractivity contribution in [3.63, 3.8) is 0 Å². The molecule has 6 nitrogen and oxygen atoms in total. The van der Waals surface area contributed by atoms with E-state index in [1.807, 2.05) is 72.4 Å². The number of nitrogens with zero attached hydrogens (tertiary/aromatic N) is 3. The quantitative estimate of drug-likeness (QED) is 0.611. The van der Waals surface area contributed by atoms with Gasteiger partial charge in [0.05, 0.1) is 28.0 Å². The molecule has 4 rings (SSSR count). The van der Waals surface area contributed by atoms with Crippen LogP contribution in [-0.2, 0) is 14.1 Å². The summed E-state index contributed by atoms with van der Waals surface area (Å²) in [6.45, 7) is 0. The van der Waals surface area contributed by atoms with E-state index in [1.165, 1.54) is 11.6 Å². The third-order valence-corrected chi connectivity index (χ3v) is 4.92. The van der Waals surface area contributed by atoms with Crippen molar-refractivity contribution in [1.29, 1.82) is 0 Å². The summed E-state index contributed by atoms with van der Waals surface area (Å²) in [5.74, 6) is 0. The minimum Gasteiger partial charge on any atom is -0.386 e. The minimum absolute atomic E-state index is 0.298. The van der Waals surface area contributed by atoms with Crippen molar-refractivity contribution in [3.05, 3.63) is 81.6 Å². The summed E-state index contributed by atoms with van der Waals surface area (Å²) < 4.78 is 4.65. The van der Waals surface area contributed by atoms with Gasteiger partial charge in [-0.15, -0.1) is 0 Å². The number of fused-ring (bicyclic) bond motifs is 1. The minimum atomic E-state index is -0.342. The van der Waals surface area contributed by atoms with Crippen LogP contribution in [0.2, 0.25) is 0 Å². The molecular formula is C21H20N4O2. The van der Waals surface area contributed by atoms with Crippen LogP contribution in [0.4, 0.5) is 5.69 Å². The molecule has 0 saturated heterocycles. The zero-order chi connectivity index (χ0) is 19.1. The van der Waals surface area contributed by atoms with Crippen LogP contribution < -0.4 is 16.6 Å². The smallest absolute Gasteiger partial charge is 0.330 e. The third-order valence-electron chi connectivity index (χ3n) is 4.92. The van der Waals surface area contributed by atoms with Gasteiger partial charge in [0.1, 0.15) is 0 Å². The molecule has 0 fully saturated rings. The summed E-state index contributed by atoms with van der Waals surface area (Å²) in [7, 11) is 5.06. The van der Waals surface area contributed by atoms with Crippen molar-refractivity contribution in [2.45, 2.75) is 0 Å². The Balaban J connectivity index is 2.24. The van der Waals surface area contributed by atoms with E-state index in [1.54, 1.807) is 7.05 Å². The number of aryl methyl sites for hydroxylation is 1. The van der Waals surface area contributed by atoms with E-state index in [4.69, 9.17) is 0 Å². The lowest BCUT2D eigenvalue weighted by atomic mass is 10.1. The van der Waals surface area contributed by atoms with E-state index in [-0.39, 0.29) is 11.2 Å². The second-order valence-electron chi connectivity index (χ2n) is 6.45. The van der Waals surface area contributed by atoms with Crippen molar-refractivity contribution < 1.29 is 0 Å². The fraction of sp³-hybridized carbons (Fsp3) is 0.143. The second-order valence-corrected chi connectivity index (χ2v) is 6.45. The molecule has 4 aromatic rings. The van der Waals surface area contributed by atoms with Crippen molar-refractivity contribution in [3.8, 4) is 16.9 Å². The Morgan fingerprint density at radius 3 is 2.22 bits per heavy atom. The van der Waals surface area contributed by atoms with Gasteiger partial charge in [-0.05, 0) is 17.7 Å². The van der Waals surface area contributed by atoms with Gasteiger partial charge in [-0.25, -0.2) is 4.79 Å². The first kappa shape index (κ1) is 16.9. The largest absolute Gasteiger partial charge is 0.386 e. The predicted molar refractivity (Wildman–Crippen MR) is 109 cm³/mol. The molecule has 0 bridgehead atoms. The molecule has 0 aliphatic heterocycles. The van der Waals surface area contributed by atoms with Crippen molar-refractivity contribution in [2.24, 2.45) is 14.1 Å². The molecular weight excluding hydrogens is 340 g/mol. The van der Waals surface area contributed by atoms with Gasteiger partial charge in [0.25, 0.3) is 5.56 Å². The van der Waals surface area contributed by atoms with E-state index >= 15 is 0 Å². The molecule has 0 saturated carbocycles. The zero-order valence-electron chi connectivity index (χ0n) is 15.4. The number of benzene rings is 2. The fourth-order valence-electron chi connectivity index (χ4n) is 3.51. The average Bonchev–Trinajstić information content (AvgIpc) is 3.12. The molecule has 2 aromatic carbocycles. The van der Waals surface area contributed by atoms with Crippen LogP contribution in [0.25, 0.3) is 27.8 Å². The summed E-state index contributed by atoms with van der Waals surface area (Å²) in [5.41, 5.74) is 3.48. The van der Waals surface area contributed by atoms with Gasteiger partial charge in [-0.2, -0.15) is 0 Å². The molecule has 0 spiro atoms. The van der Waals surface area contributed by atoms with Crippen LogP contribution in [0.15, 0.2) is 70.4 Å². The van der Waals surface area contributed by atoms with E-state index in [9.17, 15) is 9.59 Å². The Kier molecular flexibility index (Phi) is 3.96. The number of rotatable bonds is 3. The lowest BCUT2D eigenvalue weighted by Gasteiger charge is -2.14. The Morgan fingerprint density at radius 2 is 1.52 bits per heavy atom. The van der Waals surface area contributed by atoms with Crippen LogP contribution >= 0.6 is 0 Å². The number of aromatic nitrogens is 3. The number of para-hydroxylation sites is 2. The molecule has 2 aromatic heterocycles. The average molecular weight is 360 g/mol. The SMILES string of the molecule is CNc1ccccc1-n1cc2c(c1-c1ccccc1)c(=O)n(C)c(=O)n2C. The van der Waals surface area contributed by atoms with Crippen LogP contribution in [0, 0.1) is 0 Å². The maximum absolute atomic E-state index is 13.0. The molecule has 1 N–H and O–H groups in total. The highest BCUT2D eigenvalue weighted by molar-refractivity contribution is 5.95. The lowest BCUT2D eigenvalue weighted by Crippen LogP contribution is -2.36. The topological polar surface area (TPSA) is 61.0 Å². The number of nitrogens with one attached hydrogen (secondary N) is 1. The predicted octanol–water partition coefficient (Wildman–Crippen LogP) is 2.74. The summed E-state index contributed by atoms with van der Waals surface area (Å²) in [6.07, 6.45) is 1.86. The van der Waals surface area contributed by atoms with E-state index in [0.29, 0.717) is 10.9 Å². The monoisotopic (exact) mass is 360 g/mol.